The van der Waals surface area contributed by atoms with Crippen LogP contribution in [0.4, 0.5) is 20.2 Å². The molecule has 2 aromatic carbocycles. The van der Waals surface area contributed by atoms with E-state index in [4.69, 9.17) is 0 Å². The minimum Gasteiger partial charge on any atom is -0.370 e. The summed E-state index contributed by atoms with van der Waals surface area (Å²) in [6.45, 7) is 1.84. The molecule has 2 aromatic rings. The van der Waals surface area contributed by atoms with E-state index in [0.29, 0.717) is 12.1 Å². The van der Waals surface area contributed by atoms with E-state index in [1.807, 2.05) is 0 Å². The van der Waals surface area contributed by atoms with Crippen molar-refractivity contribution in [3.63, 3.8) is 0 Å². The smallest absolute Gasteiger partial charge is 0.224 e. The van der Waals surface area contributed by atoms with Gasteiger partial charge < -0.3 is 10.2 Å². The van der Waals surface area contributed by atoms with Gasteiger partial charge in [-0.25, -0.2) is 8.78 Å². The molecule has 0 spiro atoms. The van der Waals surface area contributed by atoms with E-state index < -0.39 is 0 Å². The van der Waals surface area contributed by atoms with Gasteiger partial charge in [0.05, 0.1) is 11.4 Å². The molecule has 0 aromatic heterocycles. The maximum atomic E-state index is 13.6. The molecule has 132 valence electrons. The van der Waals surface area contributed by atoms with E-state index >= 15 is 0 Å². The second-order valence-electron chi connectivity index (χ2n) is 6.38. The van der Waals surface area contributed by atoms with Crippen LogP contribution < -0.4 is 10.2 Å². The van der Waals surface area contributed by atoms with Crippen LogP contribution >= 0.6 is 0 Å². The summed E-state index contributed by atoms with van der Waals surface area (Å²) in [6, 6.07) is 10.6. The quantitative estimate of drug-likeness (QED) is 0.864. The van der Waals surface area contributed by atoms with Gasteiger partial charge >= 0.3 is 0 Å². The maximum Gasteiger partial charge on any atom is 0.224 e. The first-order valence-corrected chi connectivity index (χ1v) is 8.70. The van der Waals surface area contributed by atoms with Crippen molar-refractivity contribution in [3.05, 3.63) is 59.7 Å². The fourth-order valence-corrected chi connectivity index (χ4v) is 3.14. The molecule has 0 aliphatic carbocycles. The molecule has 1 aliphatic heterocycles. The molecule has 1 heterocycles. The van der Waals surface area contributed by atoms with Crippen molar-refractivity contribution in [2.75, 3.05) is 23.3 Å². The number of aryl methyl sites for hydroxylation is 1. The molecule has 1 fully saturated rings. The lowest BCUT2D eigenvalue weighted by Crippen LogP contribution is -2.30. The number of piperidine rings is 1. The summed E-state index contributed by atoms with van der Waals surface area (Å²) in [5.74, 6) is -0.832. The van der Waals surface area contributed by atoms with E-state index in [1.54, 1.807) is 18.2 Å². The zero-order chi connectivity index (χ0) is 17.6. The fourth-order valence-electron chi connectivity index (χ4n) is 3.14. The Kier molecular flexibility index (Phi) is 5.64. The lowest BCUT2D eigenvalue weighted by molar-refractivity contribution is -0.116. The molecule has 3 rings (SSSR count). The van der Waals surface area contributed by atoms with Gasteiger partial charge in [0, 0.05) is 19.5 Å². The monoisotopic (exact) mass is 344 g/mol. The van der Waals surface area contributed by atoms with Gasteiger partial charge in [-0.1, -0.05) is 12.1 Å². The van der Waals surface area contributed by atoms with E-state index in [9.17, 15) is 13.6 Å². The number of benzene rings is 2. The fraction of sp³-hybridized carbons (Fsp3) is 0.350. The topological polar surface area (TPSA) is 32.3 Å². The second kappa shape index (κ2) is 8.10. The number of anilines is 2. The third-order valence-corrected chi connectivity index (χ3v) is 4.48. The first-order valence-electron chi connectivity index (χ1n) is 8.70. The number of hydrogen-bond donors (Lipinski definition) is 1. The summed E-state index contributed by atoms with van der Waals surface area (Å²) < 4.78 is 26.6. The van der Waals surface area contributed by atoms with E-state index in [-0.39, 0.29) is 24.0 Å². The standard InChI is InChI=1S/C20H22F2N2O/c21-16-7-4-15(5-8-16)6-11-20(25)23-18-14-17(22)9-10-19(18)24-12-2-1-3-13-24/h4-5,7-10,14H,1-3,6,11-13H2,(H,23,25). The van der Waals surface area contributed by atoms with Gasteiger partial charge in [-0.3, -0.25) is 4.79 Å². The second-order valence-corrected chi connectivity index (χ2v) is 6.38. The zero-order valence-corrected chi connectivity index (χ0v) is 14.1. The largest absolute Gasteiger partial charge is 0.370 e. The highest BCUT2D eigenvalue weighted by Gasteiger charge is 2.16. The van der Waals surface area contributed by atoms with Crippen molar-refractivity contribution < 1.29 is 13.6 Å². The molecule has 1 N–H and O–H groups in total. The highest BCUT2D eigenvalue weighted by Crippen LogP contribution is 2.29. The summed E-state index contributed by atoms with van der Waals surface area (Å²) in [7, 11) is 0. The van der Waals surface area contributed by atoms with Gasteiger partial charge in [0.1, 0.15) is 11.6 Å². The van der Waals surface area contributed by atoms with Gasteiger partial charge in [0.2, 0.25) is 5.91 Å². The highest BCUT2D eigenvalue weighted by molar-refractivity contribution is 5.94. The molecule has 0 radical (unpaired) electrons. The van der Waals surface area contributed by atoms with Gasteiger partial charge in [-0.05, 0) is 61.6 Å². The number of halogens is 2. The van der Waals surface area contributed by atoms with Crippen LogP contribution in [0.15, 0.2) is 42.5 Å². The predicted octanol–water partition coefficient (Wildman–Crippen LogP) is 4.53. The Bertz CT molecular complexity index is 725. The molecule has 0 unspecified atom stereocenters. The molecule has 1 aliphatic rings. The average Bonchev–Trinajstić information content (AvgIpc) is 2.62. The highest BCUT2D eigenvalue weighted by atomic mass is 19.1. The summed E-state index contributed by atoms with van der Waals surface area (Å²) in [4.78, 5) is 14.5. The zero-order valence-electron chi connectivity index (χ0n) is 14.1. The number of hydrogen-bond acceptors (Lipinski definition) is 2. The van der Waals surface area contributed by atoms with Crippen molar-refractivity contribution in [1.29, 1.82) is 0 Å². The molecule has 1 saturated heterocycles. The maximum absolute atomic E-state index is 13.6. The Labute approximate surface area is 146 Å². The first-order chi connectivity index (χ1) is 12.1. The van der Waals surface area contributed by atoms with Crippen LogP contribution in [0.2, 0.25) is 0 Å². The van der Waals surface area contributed by atoms with Crippen LogP contribution in [0.1, 0.15) is 31.2 Å². The van der Waals surface area contributed by atoms with Crippen molar-refractivity contribution in [3.8, 4) is 0 Å². The lowest BCUT2D eigenvalue weighted by Gasteiger charge is -2.30. The summed E-state index contributed by atoms with van der Waals surface area (Å²) in [5.41, 5.74) is 2.29. The van der Waals surface area contributed by atoms with Crippen molar-refractivity contribution in [2.45, 2.75) is 32.1 Å². The first kappa shape index (κ1) is 17.4. The Morgan fingerprint density at radius 2 is 1.64 bits per heavy atom. The minimum absolute atomic E-state index is 0.173. The average molecular weight is 344 g/mol. The van der Waals surface area contributed by atoms with Crippen LogP contribution in [0.3, 0.4) is 0 Å². The molecule has 5 heteroatoms. The molecular formula is C20H22F2N2O. The minimum atomic E-state index is -0.366. The number of carbonyl (C=O) groups excluding carboxylic acids is 1. The Morgan fingerprint density at radius 1 is 0.960 bits per heavy atom. The molecule has 25 heavy (non-hydrogen) atoms. The molecular weight excluding hydrogens is 322 g/mol. The number of nitrogens with zero attached hydrogens (tertiary/aromatic N) is 1. The number of rotatable bonds is 5. The molecule has 1 amide bonds. The number of amides is 1. The van der Waals surface area contributed by atoms with Gasteiger partial charge in [0.15, 0.2) is 0 Å². The third-order valence-electron chi connectivity index (χ3n) is 4.48. The van der Waals surface area contributed by atoms with Crippen molar-refractivity contribution in [2.24, 2.45) is 0 Å². The molecule has 0 atom stereocenters. The SMILES string of the molecule is O=C(CCc1ccc(F)cc1)Nc1cc(F)ccc1N1CCCCC1. The molecule has 3 nitrogen and oxygen atoms in total. The third kappa shape index (κ3) is 4.78. The Hall–Kier alpha value is -2.43. The van der Waals surface area contributed by atoms with Gasteiger partial charge in [-0.2, -0.15) is 0 Å². The summed E-state index contributed by atoms with van der Waals surface area (Å²) in [6.07, 6.45) is 4.20. The van der Waals surface area contributed by atoms with Crippen LogP contribution in [-0.2, 0) is 11.2 Å². The number of nitrogens with one attached hydrogen (secondary N) is 1. The van der Waals surface area contributed by atoms with Crippen LogP contribution in [0.25, 0.3) is 0 Å². The molecule has 0 saturated carbocycles. The predicted molar refractivity (Wildman–Crippen MR) is 95.8 cm³/mol. The normalized spacial score (nSPS) is 14.4. The van der Waals surface area contributed by atoms with E-state index in [2.05, 4.69) is 10.2 Å². The number of carbonyl (C=O) groups is 1. The van der Waals surface area contributed by atoms with E-state index in [0.717, 1.165) is 37.2 Å². The summed E-state index contributed by atoms with van der Waals surface area (Å²) >= 11 is 0. The van der Waals surface area contributed by atoms with Crippen molar-refractivity contribution in [1.82, 2.24) is 0 Å². The molecule has 0 bridgehead atoms. The van der Waals surface area contributed by atoms with Gasteiger partial charge in [-0.15, -0.1) is 0 Å². The van der Waals surface area contributed by atoms with Crippen LogP contribution in [0.5, 0.6) is 0 Å². The van der Waals surface area contributed by atoms with Crippen molar-refractivity contribution >= 4 is 17.3 Å². The summed E-state index contributed by atoms with van der Waals surface area (Å²) in [5, 5.41) is 2.84. The van der Waals surface area contributed by atoms with Crippen LogP contribution in [-0.4, -0.2) is 19.0 Å². The lowest BCUT2D eigenvalue weighted by atomic mass is 10.1. The van der Waals surface area contributed by atoms with Crippen LogP contribution in [0, 0.1) is 11.6 Å². The van der Waals surface area contributed by atoms with E-state index in [1.165, 1.54) is 30.7 Å². The van der Waals surface area contributed by atoms with Gasteiger partial charge in [0.25, 0.3) is 0 Å². The Morgan fingerprint density at radius 3 is 2.36 bits per heavy atom. The Balaban J connectivity index is 1.65.